The zero-order valence-electron chi connectivity index (χ0n) is 15.6. The maximum absolute atomic E-state index is 13.2. The molecule has 0 spiro atoms. The Balaban J connectivity index is 1.83. The van der Waals surface area contributed by atoms with E-state index in [2.05, 4.69) is 0 Å². The van der Waals surface area contributed by atoms with E-state index in [-0.39, 0.29) is 5.91 Å². The van der Waals surface area contributed by atoms with Crippen molar-refractivity contribution >= 4 is 34.7 Å². The number of benzene rings is 3. The average molecular weight is 380 g/mol. The Morgan fingerprint density at radius 2 is 1.14 bits per heavy atom. The van der Waals surface area contributed by atoms with Gasteiger partial charge in [0.1, 0.15) is 0 Å². The largest absolute Gasteiger partial charge is 0.311 e. The number of amides is 3. The van der Waals surface area contributed by atoms with Crippen molar-refractivity contribution in [2.24, 2.45) is 0 Å². The van der Waals surface area contributed by atoms with Crippen LogP contribution in [0.5, 0.6) is 0 Å². The quantitative estimate of drug-likeness (QED) is 0.502. The standard InChI is InChI=1S/C24H16N2O3/c1-25-19-14-8-7-13-18(19)20(24(25)29)21(15-9-3-2-4-10-15)26-22(27)16-11-5-6-12-17(16)23(26)28/h2-14H,1H3/b21-20+. The van der Waals surface area contributed by atoms with Crippen molar-refractivity contribution in [3.63, 3.8) is 0 Å². The minimum absolute atomic E-state index is 0.249. The zero-order valence-corrected chi connectivity index (χ0v) is 15.6. The summed E-state index contributed by atoms with van der Waals surface area (Å²) in [6.45, 7) is 0. The lowest BCUT2D eigenvalue weighted by Gasteiger charge is -2.21. The van der Waals surface area contributed by atoms with Crippen molar-refractivity contribution in [3.8, 4) is 0 Å². The van der Waals surface area contributed by atoms with E-state index in [1.807, 2.05) is 42.5 Å². The molecule has 2 heterocycles. The highest BCUT2D eigenvalue weighted by Crippen LogP contribution is 2.43. The lowest BCUT2D eigenvalue weighted by atomic mass is 9.99. The third-order valence-corrected chi connectivity index (χ3v) is 5.35. The number of fused-ring (bicyclic) bond motifs is 2. The molecule has 0 aromatic heterocycles. The summed E-state index contributed by atoms with van der Waals surface area (Å²) in [4.78, 5) is 42.4. The molecule has 0 radical (unpaired) electrons. The summed E-state index contributed by atoms with van der Waals surface area (Å²) in [7, 11) is 1.69. The third kappa shape index (κ3) is 2.37. The molecule has 3 amide bonds. The highest BCUT2D eigenvalue weighted by atomic mass is 16.2. The van der Waals surface area contributed by atoms with E-state index in [9.17, 15) is 14.4 Å². The van der Waals surface area contributed by atoms with Crippen LogP contribution in [0.4, 0.5) is 5.69 Å². The molecule has 29 heavy (non-hydrogen) atoms. The Morgan fingerprint density at radius 1 is 0.621 bits per heavy atom. The molecule has 0 bridgehead atoms. The molecule has 140 valence electrons. The van der Waals surface area contributed by atoms with Crippen molar-refractivity contribution in [2.75, 3.05) is 11.9 Å². The number of rotatable bonds is 2. The molecular weight excluding hydrogens is 364 g/mol. The molecule has 0 fully saturated rings. The van der Waals surface area contributed by atoms with E-state index in [1.165, 1.54) is 0 Å². The van der Waals surface area contributed by atoms with Gasteiger partial charge in [-0.05, 0) is 23.8 Å². The Kier molecular flexibility index (Phi) is 3.71. The highest BCUT2D eigenvalue weighted by Gasteiger charge is 2.42. The first-order chi connectivity index (χ1) is 14.1. The maximum atomic E-state index is 13.2. The van der Waals surface area contributed by atoms with Gasteiger partial charge in [0.15, 0.2) is 0 Å². The first-order valence-corrected chi connectivity index (χ1v) is 9.24. The molecule has 0 saturated carbocycles. The topological polar surface area (TPSA) is 57.7 Å². The van der Waals surface area contributed by atoms with Crippen LogP contribution in [-0.4, -0.2) is 29.7 Å². The van der Waals surface area contributed by atoms with Gasteiger partial charge in [-0.1, -0.05) is 60.7 Å². The zero-order chi connectivity index (χ0) is 20.1. The number of anilines is 1. The van der Waals surface area contributed by atoms with Crippen LogP contribution in [0.2, 0.25) is 0 Å². The number of likely N-dealkylation sites (N-methyl/N-ethyl adjacent to an activating group) is 1. The fourth-order valence-electron chi connectivity index (χ4n) is 3.97. The van der Waals surface area contributed by atoms with Gasteiger partial charge in [-0.15, -0.1) is 0 Å². The van der Waals surface area contributed by atoms with Crippen molar-refractivity contribution in [3.05, 3.63) is 101 Å². The van der Waals surface area contributed by atoms with Gasteiger partial charge in [-0.25, -0.2) is 4.90 Å². The minimum Gasteiger partial charge on any atom is -0.311 e. The number of nitrogens with zero attached hydrogens (tertiary/aromatic N) is 2. The van der Waals surface area contributed by atoms with Crippen LogP contribution in [0.25, 0.3) is 11.3 Å². The summed E-state index contributed by atoms with van der Waals surface area (Å²) in [5, 5.41) is 0. The average Bonchev–Trinajstić information content (AvgIpc) is 3.16. The van der Waals surface area contributed by atoms with Gasteiger partial charge in [0, 0.05) is 12.6 Å². The van der Waals surface area contributed by atoms with Crippen molar-refractivity contribution < 1.29 is 14.4 Å². The summed E-state index contributed by atoms with van der Waals surface area (Å²) >= 11 is 0. The molecule has 5 nitrogen and oxygen atoms in total. The van der Waals surface area contributed by atoms with Gasteiger partial charge in [0.2, 0.25) is 0 Å². The van der Waals surface area contributed by atoms with Crippen LogP contribution in [0.15, 0.2) is 78.9 Å². The Labute approximate surface area is 167 Å². The molecule has 0 aliphatic carbocycles. The number of carbonyl (C=O) groups is 3. The summed E-state index contributed by atoms with van der Waals surface area (Å²) in [5.74, 6) is -1.09. The van der Waals surface area contributed by atoms with Gasteiger partial charge in [0.05, 0.1) is 28.1 Å². The summed E-state index contributed by atoms with van der Waals surface area (Å²) in [6.07, 6.45) is 0. The smallest absolute Gasteiger partial charge is 0.266 e. The molecule has 0 atom stereocenters. The Morgan fingerprint density at radius 3 is 1.76 bits per heavy atom. The number of hydrogen-bond donors (Lipinski definition) is 0. The number of carbonyl (C=O) groups excluding carboxylic acids is 3. The second-order valence-corrected chi connectivity index (χ2v) is 6.96. The van der Waals surface area contributed by atoms with E-state index >= 15 is 0 Å². The summed E-state index contributed by atoms with van der Waals surface area (Å²) < 4.78 is 0. The number of hydrogen-bond acceptors (Lipinski definition) is 3. The summed E-state index contributed by atoms with van der Waals surface area (Å²) in [6, 6.07) is 23.2. The van der Waals surface area contributed by atoms with Crippen molar-refractivity contribution in [2.45, 2.75) is 0 Å². The number of para-hydroxylation sites is 1. The molecule has 0 N–H and O–H groups in total. The van der Waals surface area contributed by atoms with Crippen molar-refractivity contribution in [1.82, 2.24) is 4.90 Å². The van der Waals surface area contributed by atoms with Gasteiger partial charge >= 0.3 is 0 Å². The first kappa shape index (κ1) is 17.1. The van der Waals surface area contributed by atoms with E-state index in [1.54, 1.807) is 48.3 Å². The molecule has 5 heteroatoms. The molecule has 3 aromatic carbocycles. The van der Waals surface area contributed by atoms with Gasteiger partial charge < -0.3 is 4.90 Å². The first-order valence-electron chi connectivity index (χ1n) is 9.24. The second kappa shape index (κ2) is 6.27. The van der Waals surface area contributed by atoms with E-state index in [0.717, 1.165) is 10.6 Å². The normalized spacial score (nSPS) is 16.9. The minimum atomic E-state index is -0.420. The van der Waals surface area contributed by atoms with Gasteiger partial charge in [0.25, 0.3) is 17.7 Å². The monoisotopic (exact) mass is 380 g/mol. The third-order valence-electron chi connectivity index (χ3n) is 5.35. The van der Waals surface area contributed by atoms with E-state index < -0.39 is 11.8 Å². The summed E-state index contributed by atoms with van der Waals surface area (Å²) in [5.41, 5.74) is 3.45. The predicted octanol–water partition coefficient (Wildman–Crippen LogP) is 3.83. The Bertz CT molecular complexity index is 1190. The Hall–Kier alpha value is -3.99. The lowest BCUT2D eigenvalue weighted by molar-refractivity contribution is -0.112. The molecular formula is C24H16N2O3. The maximum Gasteiger partial charge on any atom is 0.266 e. The van der Waals surface area contributed by atoms with Gasteiger partial charge in [-0.2, -0.15) is 0 Å². The van der Waals surface area contributed by atoms with E-state index in [4.69, 9.17) is 0 Å². The fourth-order valence-corrected chi connectivity index (χ4v) is 3.97. The molecule has 0 unspecified atom stereocenters. The second-order valence-electron chi connectivity index (χ2n) is 6.96. The molecule has 2 aliphatic heterocycles. The van der Waals surface area contributed by atoms with E-state index in [0.29, 0.717) is 33.5 Å². The van der Waals surface area contributed by atoms with Crippen LogP contribution in [0.3, 0.4) is 0 Å². The van der Waals surface area contributed by atoms with Crippen LogP contribution >= 0.6 is 0 Å². The van der Waals surface area contributed by atoms with Crippen LogP contribution in [0, 0.1) is 0 Å². The molecule has 5 rings (SSSR count). The fraction of sp³-hybridized carbons (Fsp3) is 0.0417. The molecule has 0 saturated heterocycles. The van der Waals surface area contributed by atoms with Gasteiger partial charge in [-0.3, -0.25) is 14.4 Å². The highest BCUT2D eigenvalue weighted by molar-refractivity contribution is 6.40. The van der Waals surface area contributed by atoms with Crippen LogP contribution < -0.4 is 4.90 Å². The molecule has 3 aromatic rings. The lowest BCUT2D eigenvalue weighted by Crippen LogP contribution is -2.31. The predicted molar refractivity (Wildman–Crippen MR) is 110 cm³/mol. The van der Waals surface area contributed by atoms with Crippen molar-refractivity contribution in [1.29, 1.82) is 0 Å². The SMILES string of the molecule is CN1C(=O)/C(=C(\c2ccccc2)N2C(=O)c3ccccc3C2=O)c2ccccc21. The van der Waals surface area contributed by atoms with Crippen LogP contribution in [0.1, 0.15) is 31.8 Å². The number of imide groups is 1. The molecule has 2 aliphatic rings. The van der Waals surface area contributed by atoms with Crippen LogP contribution in [-0.2, 0) is 4.79 Å².